The number of hydrogen-bond acceptors (Lipinski definition) is 6. The Bertz CT molecular complexity index is 1630. The van der Waals surface area contributed by atoms with E-state index in [9.17, 15) is 24.0 Å². The van der Waals surface area contributed by atoms with Gasteiger partial charge in [-0.3, -0.25) is 23.9 Å². The van der Waals surface area contributed by atoms with Crippen LogP contribution in [0.4, 0.5) is 5.69 Å². The molecule has 0 bridgehead atoms. The largest absolute Gasteiger partial charge is 0.454 e. The number of carbonyl (C=O) groups excluding carboxylic acids is 4. The molecule has 9 nitrogen and oxygen atoms in total. The molecule has 1 aliphatic heterocycles. The van der Waals surface area contributed by atoms with Gasteiger partial charge >= 0.3 is 5.97 Å². The third kappa shape index (κ3) is 3.96. The van der Waals surface area contributed by atoms with Gasteiger partial charge in [-0.05, 0) is 37.3 Å². The number of anilines is 1. The number of esters is 1. The number of fused-ring (bicyclic) bond motifs is 1. The summed E-state index contributed by atoms with van der Waals surface area (Å²) in [4.78, 5) is 65.6. The Morgan fingerprint density at radius 1 is 0.784 bits per heavy atom. The fraction of sp³-hybridized carbons (Fsp3) is 0.107. The van der Waals surface area contributed by atoms with Crippen molar-refractivity contribution >= 4 is 29.3 Å². The number of imide groups is 1. The first-order valence-corrected chi connectivity index (χ1v) is 11.4. The summed E-state index contributed by atoms with van der Waals surface area (Å²) in [6, 6.07) is 21.2. The molecule has 0 aliphatic carbocycles. The number of benzene rings is 3. The second-order valence-electron chi connectivity index (χ2n) is 8.48. The van der Waals surface area contributed by atoms with E-state index in [1.165, 1.54) is 22.9 Å². The molecule has 37 heavy (non-hydrogen) atoms. The van der Waals surface area contributed by atoms with Crippen molar-refractivity contribution in [3.8, 4) is 5.69 Å². The number of aromatic nitrogens is 2. The third-order valence-electron chi connectivity index (χ3n) is 6.30. The van der Waals surface area contributed by atoms with Crippen LogP contribution in [0.2, 0.25) is 0 Å². The smallest absolute Gasteiger partial charge is 0.338 e. The highest BCUT2D eigenvalue weighted by atomic mass is 16.5. The summed E-state index contributed by atoms with van der Waals surface area (Å²) in [7, 11) is 1.66. The molecule has 5 rings (SSSR count). The van der Waals surface area contributed by atoms with Crippen molar-refractivity contribution in [1.29, 1.82) is 0 Å². The Balaban J connectivity index is 1.43. The van der Waals surface area contributed by atoms with E-state index in [1.54, 1.807) is 73.3 Å². The Morgan fingerprint density at radius 3 is 2.08 bits per heavy atom. The Kier molecular flexibility index (Phi) is 5.88. The highest BCUT2D eigenvalue weighted by Crippen LogP contribution is 2.30. The van der Waals surface area contributed by atoms with Crippen molar-refractivity contribution in [2.75, 3.05) is 11.5 Å². The van der Waals surface area contributed by atoms with Crippen molar-refractivity contribution in [2.24, 2.45) is 7.05 Å². The topological polar surface area (TPSA) is 108 Å². The van der Waals surface area contributed by atoms with Crippen LogP contribution in [0.15, 0.2) is 83.7 Å². The molecule has 1 aromatic heterocycles. The van der Waals surface area contributed by atoms with Crippen LogP contribution in [0.25, 0.3) is 5.69 Å². The maximum absolute atomic E-state index is 13.4. The van der Waals surface area contributed by atoms with Crippen LogP contribution < -0.4 is 10.5 Å². The third-order valence-corrected chi connectivity index (χ3v) is 6.30. The highest BCUT2D eigenvalue weighted by Gasteiger charge is 2.40. The molecule has 0 atom stereocenters. The maximum atomic E-state index is 13.4. The zero-order valence-corrected chi connectivity index (χ0v) is 20.0. The molecular weight excluding hydrogens is 474 g/mol. The minimum Gasteiger partial charge on any atom is -0.454 e. The van der Waals surface area contributed by atoms with Crippen molar-refractivity contribution in [3.63, 3.8) is 0 Å². The van der Waals surface area contributed by atoms with Crippen LogP contribution in [0, 0.1) is 6.92 Å². The molecule has 3 aromatic carbocycles. The van der Waals surface area contributed by atoms with Crippen molar-refractivity contribution in [3.05, 3.63) is 117 Å². The lowest BCUT2D eigenvalue weighted by Gasteiger charge is -2.11. The molecule has 0 unspecified atom stereocenters. The average Bonchev–Trinajstić information content (AvgIpc) is 3.30. The van der Waals surface area contributed by atoms with E-state index < -0.39 is 29.9 Å². The van der Waals surface area contributed by atoms with Gasteiger partial charge in [0.05, 0.1) is 28.1 Å². The minimum atomic E-state index is -0.812. The van der Waals surface area contributed by atoms with Gasteiger partial charge in [-0.1, -0.05) is 48.5 Å². The first-order valence-electron chi connectivity index (χ1n) is 11.4. The van der Waals surface area contributed by atoms with Gasteiger partial charge in [-0.25, -0.2) is 14.4 Å². The molecule has 9 heteroatoms. The number of amides is 2. The van der Waals surface area contributed by atoms with Crippen LogP contribution in [-0.2, 0) is 11.8 Å². The summed E-state index contributed by atoms with van der Waals surface area (Å²) in [5.74, 6) is -2.57. The normalized spacial score (nSPS) is 12.5. The minimum absolute atomic E-state index is 0.00842. The lowest BCUT2D eigenvalue weighted by Crippen LogP contribution is -2.34. The zero-order valence-electron chi connectivity index (χ0n) is 20.0. The second-order valence-corrected chi connectivity index (χ2v) is 8.48. The molecule has 0 radical (unpaired) electrons. The standard InChI is InChI=1S/C28H21N3O6/c1-17-24(27(35)31(29(17)2)20-11-7-4-8-12-20)30-25(33)21-14-13-19(15-22(21)26(30)34)28(36)37-16-23(32)18-9-5-3-6-10-18/h3-15H,16H2,1-2H3. The Labute approximate surface area is 211 Å². The van der Waals surface area contributed by atoms with Gasteiger partial charge < -0.3 is 4.74 Å². The number of nitrogens with zero attached hydrogens (tertiary/aromatic N) is 3. The number of para-hydroxylation sites is 1. The quantitative estimate of drug-likeness (QED) is 0.231. The summed E-state index contributed by atoms with van der Waals surface area (Å²) < 4.78 is 8.08. The first kappa shape index (κ1) is 23.7. The molecule has 4 aromatic rings. The first-order chi connectivity index (χ1) is 17.8. The van der Waals surface area contributed by atoms with E-state index in [0.717, 1.165) is 4.90 Å². The monoisotopic (exact) mass is 495 g/mol. The molecule has 1 aliphatic rings. The molecule has 0 N–H and O–H groups in total. The molecule has 0 saturated carbocycles. The predicted molar refractivity (Wildman–Crippen MR) is 134 cm³/mol. The van der Waals surface area contributed by atoms with E-state index in [4.69, 9.17) is 4.74 Å². The van der Waals surface area contributed by atoms with Gasteiger partial charge in [-0.15, -0.1) is 0 Å². The summed E-state index contributed by atoms with van der Waals surface area (Å²) in [5.41, 5.74) is 0.862. The number of carbonyl (C=O) groups is 4. The van der Waals surface area contributed by atoms with Crippen LogP contribution in [0.3, 0.4) is 0 Å². The number of ether oxygens (including phenoxy) is 1. The summed E-state index contributed by atoms with van der Waals surface area (Å²) >= 11 is 0. The molecule has 184 valence electrons. The van der Waals surface area contributed by atoms with Crippen LogP contribution in [-0.4, -0.2) is 39.5 Å². The number of rotatable bonds is 6. The lowest BCUT2D eigenvalue weighted by molar-refractivity contribution is 0.0474. The molecule has 0 saturated heterocycles. The SMILES string of the molecule is Cc1c(N2C(=O)c3ccc(C(=O)OCC(=O)c4ccccc4)cc3C2=O)c(=O)n(-c2ccccc2)n1C. The maximum Gasteiger partial charge on any atom is 0.338 e. The fourth-order valence-corrected chi connectivity index (χ4v) is 4.30. The molecular formula is C28H21N3O6. The van der Waals surface area contributed by atoms with Crippen LogP contribution in [0.1, 0.15) is 47.1 Å². The van der Waals surface area contributed by atoms with Gasteiger partial charge in [0.2, 0.25) is 0 Å². The zero-order chi connectivity index (χ0) is 26.3. The summed E-state index contributed by atoms with van der Waals surface area (Å²) in [6.07, 6.45) is 0. The Hall–Kier alpha value is -5.05. The number of ketones is 1. The number of Topliss-reactive ketones (excluding diaryl/α,β-unsaturated/α-hetero) is 1. The average molecular weight is 495 g/mol. The van der Waals surface area contributed by atoms with Crippen LogP contribution in [0.5, 0.6) is 0 Å². The molecule has 0 spiro atoms. The van der Waals surface area contributed by atoms with Gasteiger partial charge in [0, 0.05) is 12.6 Å². The fourth-order valence-electron chi connectivity index (χ4n) is 4.30. The van der Waals surface area contributed by atoms with E-state index in [2.05, 4.69) is 0 Å². The second kappa shape index (κ2) is 9.19. The molecule has 0 fully saturated rings. The lowest BCUT2D eigenvalue weighted by atomic mass is 10.1. The van der Waals surface area contributed by atoms with Crippen molar-refractivity contribution in [2.45, 2.75) is 6.92 Å². The highest BCUT2D eigenvalue weighted by molar-refractivity contribution is 6.34. The predicted octanol–water partition coefficient (Wildman–Crippen LogP) is 3.32. The van der Waals surface area contributed by atoms with E-state index in [0.29, 0.717) is 16.9 Å². The molecule has 2 heterocycles. The van der Waals surface area contributed by atoms with E-state index in [1.807, 2.05) is 6.07 Å². The molecule has 2 amide bonds. The van der Waals surface area contributed by atoms with Crippen molar-refractivity contribution in [1.82, 2.24) is 9.36 Å². The van der Waals surface area contributed by atoms with E-state index in [-0.39, 0.29) is 28.2 Å². The Morgan fingerprint density at radius 2 is 1.41 bits per heavy atom. The van der Waals surface area contributed by atoms with E-state index >= 15 is 0 Å². The van der Waals surface area contributed by atoms with Gasteiger partial charge in [0.25, 0.3) is 17.4 Å². The van der Waals surface area contributed by atoms with Gasteiger partial charge in [0.15, 0.2) is 12.4 Å². The summed E-state index contributed by atoms with van der Waals surface area (Å²) in [5, 5.41) is 0. The summed E-state index contributed by atoms with van der Waals surface area (Å²) in [6.45, 7) is 1.17. The van der Waals surface area contributed by atoms with Crippen LogP contribution >= 0.6 is 0 Å². The number of hydrogen-bond donors (Lipinski definition) is 0. The van der Waals surface area contributed by atoms with Crippen molar-refractivity contribution < 1.29 is 23.9 Å². The van der Waals surface area contributed by atoms with Gasteiger partial charge in [-0.2, -0.15) is 0 Å². The van der Waals surface area contributed by atoms with Gasteiger partial charge in [0.1, 0.15) is 5.69 Å².